The van der Waals surface area contributed by atoms with E-state index >= 15 is 0 Å². The number of hydrogen-bond donors (Lipinski definition) is 1. The van der Waals surface area contributed by atoms with Gasteiger partial charge in [-0.1, -0.05) is 31.2 Å². The topological polar surface area (TPSA) is 41.6 Å². The number of carbonyl (C=O) groups is 1. The molecule has 0 radical (unpaired) electrons. The van der Waals surface area contributed by atoms with Gasteiger partial charge in [-0.2, -0.15) is 0 Å². The van der Waals surface area contributed by atoms with Crippen molar-refractivity contribution in [3.05, 3.63) is 54.1 Å². The van der Waals surface area contributed by atoms with E-state index in [0.29, 0.717) is 6.54 Å². The molecule has 0 aromatic heterocycles. The van der Waals surface area contributed by atoms with Gasteiger partial charge in [0.25, 0.3) is 5.91 Å². The monoisotopic (exact) mass is 324 g/mol. The number of amides is 1. The highest BCUT2D eigenvalue weighted by Crippen LogP contribution is 2.34. The van der Waals surface area contributed by atoms with Gasteiger partial charge in [-0.05, 0) is 50.1 Å². The van der Waals surface area contributed by atoms with Gasteiger partial charge in [0.2, 0.25) is 0 Å². The molecule has 1 aliphatic heterocycles. The minimum Gasteiger partial charge on any atom is -0.484 e. The lowest BCUT2D eigenvalue weighted by atomic mass is 9.99. The van der Waals surface area contributed by atoms with Crippen LogP contribution in [0.15, 0.2) is 48.5 Å². The molecule has 0 atom stereocenters. The standard InChI is InChI=1S/C20H24N2O2/c1-4-15-8-7-9-16(12-15)24-13-19(23)22-14-20(2,3)21-17-10-5-6-11-18(17)22/h5-12,21H,4,13-14H2,1-3H3. The van der Waals surface area contributed by atoms with Gasteiger partial charge in [0, 0.05) is 12.1 Å². The molecule has 1 N–H and O–H groups in total. The third kappa shape index (κ3) is 3.53. The molecule has 24 heavy (non-hydrogen) atoms. The fourth-order valence-corrected chi connectivity index (χ4v) is 3.00. The van der Waals surface area contributed by atoms with Crippen LogP contribution in [0.3, 0.4) is 0 Å². The number of fused-ring (bicyclic) bond motifs is 1. The van der Waals surface area contributed by atoms with Crippen molar-refractivity contribution in [2.45, 2.75) is 32.7 Å². The van der Waals surface area contributed by atoms with E-state index in [1.807, 2.05) is 47.4 Å². The van der Waals surface area contributed by atoms with Gasteiger partial charge in [0.1, 0.15) is 5.75 Å². The van der Waals surface area contributed by atoms with E-state index in [2.05, 4.69) is 32.2 Å². The van der Waals surface area contributed by atoms with Crippen LogP contribution < -0.4 is 15.0 Å². The van der Waals surface area contributed by atoms with Crippen molar-refractivity contribution in [3.8, 4) is 5.75 Å². The van der Waals surface area contributed by atoms with E-state index in [-0.39, 0.29) is 18.1 Å². The van der Waals surface area contributed by atoms with Crippen LogP contribution in [0, 0.1) is 0 Å². The SMILES string of the molecule is CCc1cccc(OCC(=O)N2CC(C)(C)Nc3ccccc32)c1. The van der Waals surface area contributed by atoms with Crippen LogP contribution in [0.1, 0.15) is 26.3 Å². The van der Waals surface area contributed by atoms with E-state index in [4.69, 9.17) is 4.74 Å². The van der Waals surface area contributed by atoms with E-state index in [0.717, 1.165) is 23.5 Å². The minimum atomic E-state index is -0.174. The predicted octanol–water partition coefficient (Wildman–Crippen LogP) is 3.87. The van der Waals surface area contributed by atoms with Crippen molar-refractivity contribution in [3.63, 3.8) is 0 Å². The van der Waals surface area contributed by atoms with Crippen LogP contribution in [0.2, 0.25) is 0 Å². The lowest BCUT2D eigenvalue weighted by Gasteiger charge is -2.40. The van der Waals surface area contributed by atoms with Crippen molar-refractivity contribution in [2.75, 3.05) is 23.4 Å². The lowest BCUT2D eigenvalue weighted by Crippen LogP contribution is -2.51. The molecule has 3 rings (SSSR count). The van der Waals surface area contributed by atoms with E-state index in [9.17, 15) is 4.79 Å². The maximum absolute atomic E-state index is 12.7. The molecule has 2 aromatic rings. The smallest absolute Gasteiger partial charge is 0.265 e. The molecule has 1 heterocycles. The highest BCUT2D eigenvalue weighted by atomic mass is 16.5. The number of carbonyl (C=O) groups excluding carboxylic acids is 1. The summed E-state index contributed by atoms with van der Waals surface area (Å²) in [7, 11) is 0. The molecular weight excluding hydrogens is 300 g/mol. The van der Waals surface area contributed by atoms with Crippen molar-refractivity contribution >= 4 is 17.3 Å². The first-order chi connectivity index (χ1) is 11.5. The first-order valence-corrected chi connectivity index (χ1v) is 8.38. The largest absolute Gasteiger partial charge is 0.484 e. The van der Waals surface area contributed by atoms with Crippen LogP contribution in [0.4, 0.5) is 11.4 Å². The average molecular weight is 324 g/mol. The number of ether oxygens (including phenoxy) is 1. The van der Waals surface area contributed by atoms with Crippen LogP contribution in [-0.4, -0.2) is 24.6 Å². The number of nitrogens with zero attached hydrogens (tertiary/aromatic N) is 1. The Morgan fingerprint density at radius 3 is 2.79 bits per heavy atom. The number of hydrogen-bond acceptors (Lipinski definition) is 3. The summed E-state index contributed by atoms with van der Waals surface area (Å²) in [6.45, 7) is 6.94. The van der Waals surface area contributed by atoms with Gasteiger partial charge < -0.3 is 15.0 Å². The molecule has 2 aromatic carbocycles. The number of anilines is 2. The molecular formula is C20H24N2O2. The molecule has 0 saturated heterocycles. The van der Waals surface area contributed by atoms with Gasteiger partial charge in [-0.25, -0.2) is 0 Å². The summed E-state index contributed by atoms with van der Waals surface area (Å²) in [4.78, 5) is 14.6. The molecule has 0 unspecified atom stereocenters. The number of benzene rings is 2. The Bertz CT molecular complexity index is 740. The Morgan fingerprint density at radius 2 is 2.00 bits per heavy atom. The normalized spacial score (nSPS) is 15.4. The third-order valence-corrected chi connectivity index (χ3v) is 4.19. The predicted molar refractivity (Wildman–Crippen MR) is 97.8 cm³/mol. The van der Waals surface area contributed by atoms with Crippen LogP contribution in [0.5, 0.6) is 5.75 Å². The van der Waals surface area contributed by atoms with Gasteiger partial charge in [0.05, 0.1) is 11.4 Å². The van der Waals surface area contributed by atoms with Crippen LogP contribution >= 0.6 is 0 Å². The molecule has 0 aliphatic carbocycles. The fraction of sp³-hybridized carbons (Fsp3) is 0.350. The van der Waals surface area contributed by atoms with Crippen molar-refractivity contribution in [2.24, 2.45) is 0 Å². The molecule has 0 fully saturated rings. The van der Waals surface area contributed by atoms with Crippen molar-refractivity contribution in [1.29, 1.82) is 0 Å². The summed E-state index contributed by atoms with van der Waals surface area (Å²) >= 11 is 0. The summed E-state index contributed by atoms with van der Waals surface area (Å²) < 4.78 is 5.74. The van der Waals surface area contributed by atoms with E-state index < -0.39 is 0 Å². The quantitative estimate of drug-likeness (QED) is 0.928. The van der Waals surface area contributed by atoms with Gasteiger partial charge in [0.15, 0.2) is 6.61 Å². The molecule has 0 bridgehead atoms. The first kappa shape index (κ1) is 16.4. The molecule has 4 heteroatoms. The Balaban J connectivity index is 1.74. The zero-order valence-corrected chi connectivity index (χ0v) is 14.5. The maximum atomic E-state index is 12.7. The Kier molecular flexibility index (Phi) is 4.47. The third-order valence-electron chi connectivity index (χ3n) is 4.19. The molecule has 1 aliphatic rings. The molecule has 4 nitrogen and oxygen atoms in total. The molecule has 0 saturated carbocycles. The summed E-state index contributed by atoms with van der Waals surface area (Å²) in [5.41, 5.74) is 2.92. The summed E-state index contributed by atoms with van der Waals surface area (Å²) in [5, 5.41) is 3.48. The maximum Gasteiger partial charge on any atom is 0.265 e. The van der Waals surface area contributed by atoms with Crippen molar-refractivity contribution < 1.29 is 9.53 Å². The van der Waals surface area contributed by atoms with E-state index in [1.54, 1.807) is 0 Å². The lowest BCUT2D eigenvalue weighted by molar-refractivity contribution is -0.120. The van der Waals surface area contributed by atoms with Crippen LogP contribution in [-0.2, 0) is 11.2 Å². The fourth-order valence-electron chi connectivity index (χ4n) is 3.00. The second-order valence-electron chi connectivity index (χ2n) is 6.80. The number of para-hydroxylation sites is 2. The number of rotatable bonds is 4. The Morgan fingerprint density at radius 1 is 1.21 bits per heavy atom. The highest BCUT2D eigenvalue weighted by molar-refractivity contribution is 5.99. The minimum absolute atomic E-state index is 0.0288. The highest BCUT2D eigenvalue weighted by Gasteiger charge is 2.32. The van der Waals surface area contributed by atoms with Crippen molar-refractivity contribution in [1.82, 2.24) is 0 Å². The molecule has 1 amide bonds. The van der Waals surface area contributed by atoms with Gasteiger partial charge in [-0.3, -0.25) is 4.79 Å². The zero-order chi connectivity index (χ0) is 17.2. The average Bonchev–Trinajstić information content (AvgIpc) is 2.58. The zero-order valence-electron chi connectivity index (χ0n) is 14.5. The van der Waals surface area contributed by atoms with E-state index in [1.165, 1.54) is 5.56 Å². The Labute approximate surface area is 143 Å². The van der Waals surface area contributed by atoms with Crippen LogP contribution in [0.25, 0.3) is 0 Å². The first-order valence-electron chi connectivity index (χ1n) is 8.38. The number of aryl methyl sites for hydroxylation is 1. The van der Waals surface area contributed by atoms with Gasteiger partial charge >= 0.3 is 0 Å². The second-order valence-corrected chi connectivity index (χ2v) is 6.80. The Hall–Kier alpha value is -2.49. The second kappa shape index (κ2) is 6.56. The summed E-state index contributed by atoms with van der Waals surface area (Å²) in [5.74, 6) is 0.712. The summed E-state index contributed by atoms with van der Waals surface area (Å²) in [6.07, 6.45) is 0.949. The molecule has 126 valence electrons. The molecule has 0 spiro atoms. The number of nitrogens with one attached hydrogen (secondary N) is 1. The van der Waals surface area contributed by atoms with Gasteiger partial charge in [-0.15, -0.1) is 0 Å². The summed E-state index contributed by atoms with van der Waals surface area (Å²) in [6, 6.07) is 15.8.